The molecule has 3 aromatic rings. The molecule has 2 aromatic carbocycles. The summed E-state index contributed by atoms with van der Waals surface area (Å²) >= 11 is 0. The fourth-order valence-corrected chi connectivity index (χ4v) is 3.79. The van der Waals surface area contributed by atoms with Crippen LogP contribution in [0.25, 0.3) is 0 Å². The van der Waals surface area contributed by atoms with Crippen LogP contribution in [0.2, 0.25) is 0 Å². The molecule has 0 spiro atoms. The van der Waals surface area contributed by atoms with Crippen LogP contribution >= 0.6 is 0 Å². The van der Waals surface area contributed by atoms with Crippen molar-refractivity contribution in [3.05, 3.63) is 66.0 Å². The number of nitrogens with zero attached hydrogens (tertiary/aromatic N) is 2. The first kappa shape index (κ1) is 23.0. The van der Waals surface area contributed by atoms with Gasteiger partial charge in [-0.25, -0.2) is 23.1 Å². The van der Waals surface area contributed by atoms with E-state index in [1.165, 1.54) is 24.3 Å². The van der Waals surface area contributed by atoms with Gasteiger partial charge in [0.05, 0.1) is 12.0 Å². The Bertz CT molecular complexity index is 1190. The van der Waals surface area contributed by atoms with E-state index in [0.29, 0.717) is 28.6 Å². The van der Waals surface area contributed by atoms with Crippen LogP contribution in [-0.4, -0.2) is 37.5 Å². The van der Waals surface area contributed by atoms with E-state index in [9.17, 15) is 13.2 Å². The van der Waals surface area contributed by atoms with E-state index in [1.54, 1.807) is 58.2 Å². The highest BCUT2D eigenvalue weighted by atomic mass is 32.2. The maximum atomic E-state index is 12.6. The highest BCUT2D eigenvalue weighted by Gasteiger charge is 2.18. The van der Waals surface area contributed by atoms with Crippen LogP contribution in [0.15, 0.2) is 59.5 Å². The molecule has 32 heavy (non-hydrogen) atoms. The molecule has 1 atom stereocenters. The molecule has 0 saturated carbocycles. The van der Waals surface area contributed by atoms with Crippen LogP contribution in [0.5, 0.6) is 11.5 Å². The zero-order valence-corrected chi connectivity index (χ0v) is 18.9. The van der Waals surface area contributed by atoms with Crippen molar-refractivity contribution in [3.8, 4) is 11.5 Å². The highest BCUT2D eigenvalue weighted by molar-refractivity contribution is 7.92. The number of rotatable bonds is 8. The molecule has 1 aromatic heterocycles. The molecule has 0 aliphatic rings. The second-order valence-corrected chi connectivity index (χ2v) is 8.71. The van der Waals surface area contributed by atoms with Gasteiger partial charge >= 0.3 is 0 Å². The van der Waals surface area contributed by atoms with Crippen molar-refractivity contribution in [3.63, 3.8) is 0 Å². The standard InChI is InChI=1S/C22H24N4O5S/c1-14-12-15(2)24-22(23-14)26-32(28,29)20-10-8-17(9-11-20)25-21(27)16(3)31-19-7-5-6-18(13-19)30-4/h5-13,16H,1-4H3,(H,25,27)(H,23,24,26). The first-order valence-electron chi connectivity index (χ1n) is 9.73. The lowest BCUT2D eigenvalue weighted by Crippen LogP contribution is -2.30. The Hall–Kier alpha value is -3.66. The molecule has 0 bridgehead atoms. The van der Waals surface area contributed by atoms with Crippen molar-refractivity contribution >= 4 is 27.6 Å². The summed E-state index contributed by atoms with van der Waals surface area (Å²) < 4.78 is 38.4. The van der Waals surface area contributed by atoms with E-state index in [0.717, 1.165) is 0 Å². The van der Waals surface area contributed by atoms with Gasteiger partial charge in [-0.3, -0.25) is 4.79 Å². The zero-order valence-electron chi connectivity index (χ0n) is 18.1. The number of hydrogen-bond donors (Lipinski definition) is 2. The summed E-state index contributed by atoms with van der Waals surface area (Å²) in [6.07, 6.45) is -0.783. The predicted molar refractivity (Wildman–Crippen MR) is 120 cm³/mol. The first-order chi connectivity index (χ1) is 15.2. The lowest BCUT2D eigenvalue weighted by Gasteiger charge is -2.15. The molecule has 10 heteroatoms. The maximum Gasteiger partial charge on any atom is 0.265 e. The van der Waals surface area contributed by atoms with Crippen LogP contribution in [0, 0.1) is 13.8 Å². The maximum absolute atomic E-state index is 12.6. The van der Waals surface area contributed by atoms with E-state index in [2.05, 4.69) is 20.0 Å². The third-order valence-electron chi connectivity index (χ3n) is 4.36. The third-order valence-corrected chi connectivity index (χ3v) is 5.71. The Morgan fingerprint density at radius 2 is 1.59 bits per heavy atom. The third kappa shape index (κ3) is 5.94. The van der Waals surface area contributed by atoms with Crippen molar-refractivity contribution in [1.82, 2.24) is 9.97 Å². The number of anilines is 2. The summed E-state index contributed by atoms with van der Waals surface area (Å²) in [5.41, 5.74) is 1.73. The Labute approximate surface area is 186 Å². The number of ether oxygens (including phenoxy) is 2. The molecule has 0 radical (unpaired) electrons. The summed E-state index contributed by atoms with van der Waals surface area (Å²) in [7, 11) is -2.33. The van der Waals surface area contributed by atoms with Crippen molar-refractivity contribution in [2.45, 2.75) is 31.8 Å². The Balaban J connectivity index is 1.64. The Morgan fingerprint density at radius 3 is 2.22 bits per heavy atom. The molecule has 0 fully saturated rings. The second kappa shape index (κ2) is 9.65. The van der Waals surface area contributed by atoms with Crippen LogP contribution in [0.1, 0.15) is 18.3 Å². The van der Waals surface area contributed by atoms with Crippen LogP contribution in [-0.2, 0) is 14.8 Å². The summed E-state index contributed by atoms with van der Waals surface area (Å²) in [4.78, 5) is 20.6. The lowest BCUT2D eigenvalue weighted by molar-refractivity contribution is -0.122. The van der Waals surface area contributed by atoms with Gasteiger partial charge in [0.15, 0.2) is 6.10 Å². The smallest absolute Gasteiger partial charge is 0.265 e. The van der Waals surface area contributed by atoms with E-state index in [1.807, 2.05) is 0 Å². The van der Waals surface area contributed by atoms with E-state index < -0.39 is 16.1 Å². The van der Waals surface area contributed by atoms with Gasteiger partial charge in [-0.05, 0) is 63.2 Å². The van der Waals surface area contributed by atoms with Crippen LogP contribution < -0.4 is 19.5 Å². The first-order valence-corrected chi connectivity index (χ1v) is 11.2. The topological polar surface area (TPSA) is 120 Å². The van der Waals surface area contributed by atoms with Gasteiger partial charge in [-0.1, -0.05) is 6.07 Å². The number of methoxy groups -OCH3 is 1. The van der Waals surface area contributed by atoms with E-state index >= 15 is 0 Å². The van der Waals surface area contributed by atoms with Crippen LogP contribution in [0.4, 0.5) is 11.6 Å². The molecule has 0 aliphatic carbocycles. The molecule has 9 nitrogen and oxygen atoms in total. The number of carbonyl (C=O) groups is 1. The number of aryl methyl sites for hydroxylation is 2. The van der Waals surface area contributed by atoms with Gasteiger partial charge in [-0.15, -0.1) is 0 Å². The molecule has 1 unspecified atom stereocenters. The summed E-state index contributed by atoms with van der Waals surface area (Å²) in [5.74, 6) is 0.730. The van der Waals surface area contributed by atoms with Crippen LogP contribution in [0.3, 0.4) is 0 Å². The average molecular weight is 457 g/mol. The number of sulfonamides is 1. The molecule has 168 valence electrons. The fraction of sp³-hybridized carbons (Fsp3) is 0.227. The van der Waals surface area contributed by atoms with E-state index in [-0.39, 0.29) is 16.8 Å². The Morgan fingerprint density at radius 1 is 0.969 bits per heavy atom. The molecule has 3 rings (SSSR count). The van der Waals surface area contributed by atoms with Gasteiger partial charge < -0.3 is 14.8 Å². The zero-order chi connectivity index (χ0) is 23.3. The predicted octanol–water partition coefficient (Wildman–Crippen LogP) is 3.31. The number of benzene rings is 2. The molecular formula is C22H24N4O5S. The number of hydrogen-bond acceptors (Lipinski definition) is 7. The number of aromatic nitrogens is 2. The van der Waals surface area contributed by atoms with Crippen molar-refractivity contribution < 1.29 is 22.7 Å². The van der Waals surface area contributed by atoms with Gasteiger partial charge in [0.2, 0.25) is 5.95 Å². The Kier molecular flexibility index (Phi) is 6.94. The van der Waals surface area contributed by atoms with Gasteiger partial charge in [0.25, 0.3) is 15.9 Å². The molecule has 0 saturated heterocycles. The molecule has 2 N–H and O–H groups in total. The second-order valence-electron chi connectivity index (χ2n) is 7.03. The minimum atomic E-state index is -3.88. The molecule has 0 aliphatic heterocycles. The summed E-state index contributed by atoms with van der Waals surface area (Å²) in [6.45, 7) is 5.12. The SMILES string of the molecule is COc1cccc(OC(C)C(=O)Nc2ccc(S(=O)(=O)Nc3nc(C)cc(C)n3)cc2)c1. The van der Waals surface area contributed by atoms with Crippen molar-refractivity contribution in [1.29, 1.82) is 0 Å². The normalized spacial score (nSPS) is 12.0. The number of amides is 1. The summed E-state index contributed by atoms with van der Waals surface area (Å²) in [5, 5.41) is 2.70. The molecule has 1 amide bonds. The molecule has 1 heterocycles. The number of nitrogens with one attached hydrogen (secondary N) is 2. The minimum absolute atomic E-state index is 0.00314. The highest BCUT2D eigenvalue weighted by Crippen LogP contribution is 2.21. The fourth-order valence-electron chi connectivity index (χ4n) is 2.84. The van der Waals surface area contributed by atoms with Gasteiger partial charge in [-0.2, -0.15) is 0 Å². The van der Waals surface area contributed by atoms with Crippen molar-refractivity contribution in [2.24, 2.45) is 0 Å². The monoisotopic (exact) mass is 456 g/mol. The summed E-state index contributed by atoms with van der Waals surface area (Å²) in [6, 6.07) is 14.4. The quantitative estimate of drug-likeness (QED) is 0.534. The number of carbonyl (C=O) groups excluding carboxylic acids is 1. The minimum Gasteiger partial charge on any atom is -0.497 e. The largest absolute Gasteiger partial charge is 0.497 e. The molecular weight excluding hydrogens is 432 g/mol. The van der Waals surface area contributed by atoms with Crippen molar-refractivity contribution in [2.75, 3.05) is 17.1 Å². The lowest BCUT2D eigenvalue weighted by atomic mass is 10.3. The van der Waals surface area contributed by atoms with Gasteiger partial charge in [0, 0.05) is 23.1 Å². The van der Waals surface area contributed by atoms with Gasteiger partial charge in [0.1, 0.15) is 11.5 Å². The average Bonchev–Trinajstić information content (AvgIpc) is 2.73. The van der Waals surface area contributed by atoms with E-state index in [4.69, 9.17) is 9.47 Å².